The van der Waals surface area contributed by atoms with E-state index in [9.17, 15) is 9.36 Å². The van der Waals surface area contributed by atoms with E-state index >= 15 is 0 Å². The van der Waals surface area contributed by atoms with Crippen LogP contribution in [0, 0.1) is 11.8 Å². The van der Waals surface area contributed by atoms with Crippen molar-refractivity contribution in [3.8, 4) is 0 Å². The van der Waals surface area contributed by atoms with Crippen molar-refractivity contribution in [3.05, 3.63) is 42.5 Å². The van der Waals surface area contributed by atoms with E-state index in [1.54, 1.807) is 0 Å². The number of carbonyl (C=O) groups is 1. The van der Waals surface area contributed by atoms with Crippen LogP contribution < -0.4 is 5.30 Å². The lowest BCUT2D eigenvalue weighted by atomic mass is 9.92. The molecule has 1 saturated carbocycles. The fraction of sp³-hybridized carbons (Fsp3) is 0.550. The number of allylic oxidation sites excluding steroid dienone is 1. The molecular weight excluding hydrogens is 303 g/mol. The van der Waals surface area contributed by atoms with Crippen LogP contribution in [0.3, 0.4) is 0 Å². The number of Topliss-reactive ketones (excluding diaryl/α,β-unsaturated/α-hetero) is 1. The van der Waals surface area contributed by atoms with Crippen molar-refractivity contribution in [2.75, 3.05) is 0 Å². The maximum absolute atomic E-state index is 14.3. The van der Waals surface area contributed by atoms with E-state index in [2.05, 4.69) is 34.3 Å². The van der Waals surface area contributed by atoms with Gasteiger partial charge in [-0.05, 0) is 12.3 Å². The van der Waals surface area contributed by atoms with Crippen molar-refractivity contribution in [1.82, 2.24) is 0 Å². The van der Waals surface area contributed by atoms with Gasteiger partial charge < -0.3 is 4.57 Å². The SMILES string of the molecule is C=C1C[C@@H](C(=O)CC)[C@H](C)[C@H]1P(=O)(c1ccccc1)C(C)(C)C. The highest BCUT2D eigenvalue weighted by molar-refractivity contribution is 7.74. The largest absolute Gasteiger partial charge is 0.317 e. The Hall–Kier alpha value is -1.14. The normalized spacial score (nSPS) is 27.7. The molecule has 2 nitrogen and oxygen atoms in total. The van der Waals surface area contributed by atoms with Crippen LogP contribution in [0.25, 0.3) is 0 Å². The number of hydrogen-bond donors (Lipinski definition) is 0. The van der Waals surface area contributed by atoms with E-state index in [1.807, 2.05) is 37.3 Å². The van der Waals surface area contributed by atoms with Gasteiger partial charge in [-0.1, -0.05) is 77.1 Å². The Kier molecular flexibility index (Phi) is 5.06. The molecule has 0 aliphatic heterocycles. The highest BCUT2D eigenvalue weighted by Gasteiger charge is 2.53. The van der Waals surface area contributed by atoms with Crippen LogP contribution >= 0.6 is 7.14 Å². The molecule has 1 fully saturated rings. The first-order chi connectivity index (χ1) is 10.6. The molecule has 0 N–H and O–H groups in total. The number of benzene rings is 1. The summed E-state index contributed by atoms with van der Waals surface area (Å²) in [5.74, 6) is 0.326. The van der Waals surface area contributed by atoms with Crippen molar-refractivity contribution in [2.24, 2.45) is 11.8 Å². The molecule has 0 saturated heterocycles. The monoisotopic (exact) mass is 332 g/mol. The number of carbonyl (C=O) groups excluding carboxylic acids is 1. The molecule has 4 atom stereocenters. The van der Waals surface area contributed by atoms with Crippen LogP contribution in [-0.2, 0) is 9.36 Å². The topological polar surface area (TPSA) is 34.1 Å². The van der Waals surface area contributed by atoms with Gasteiger partial charge in [-0.25, -0.2) is 0 Å². The summed E-state index contributed by atoms with van der Waals surface area (Å²) >= 11 is 0. The van der Waals surface area contributed by atoms with E-state index < -0.39 is 7.14 Å². The first-order valence-corrected chi connectivity index (χ1v) is 10.3. The third-order valence-electron chi connectivity index (χ3n) is 5.32. The van der Waals surface area contributed by atoms with Crippen LogP contribution in [0.1, 0.15) is 47.5 Å². The van der Waals surface area contributed by atoms with Gasteiger partial charge in [0.25, 0.3) is 0 Å². The van der Waals surface area contributed by atoms with Gasteiger partial charge in [-0.15, -0.1) is 0 Å². The molecule has 1 aromatic carbocycles. The highest BCUT2D eigenvalue weighted by Crippen LogP contribution is 2.67. The molecule has 23 heavy (non-hydrogen) atoms. The van der Waals surface area contributed by atoms with E-state index in [1.165, 1.54) is 0 Å². The van der Waals surface area contributed by atoms with Crippen LogP contribution in [-0.4, -0.2) is 16.6 Å². The van der Waals surface area contributed by atoms with Gasteiger partial charge in [0, 0.05) is 28.5 Å². The van der Waals surface area contributed by atoms with Crippen molar-refractivity contribution in [1.29, 1.82) is 0 Å². The smallest absolute Gasteiger partial charge is 0.136 e. The molecule has 0 bridgehead atoms. The molecule has 1 unspecified atom stereocenters. The van der Waals surface area contributed by atoms with Gasteiger partial charge in [-0.3, -0.25) is 4.79 Å². The molecule has 3 heteroatoms. The van der Waals surface area contributed by atoms with Gasteiger partial charge in [0.2, 0.25) is 0 Å². The van der Waals surface area contributed by atoms with E-state index in [0.29, 0.717) is 12.8 Å². The Labute approximate surface area is 140 Å². The Morgan fingerprint density at radius 2 is 1.83 bits per heavy atom. The molecule has 1 aliphatic carbocycles. The minimum absolute atomic E-state index is 0.0307. The molecule has 1 aliphatic rings. The second-order valence-electron chi connectivity index (χ2n) is 7.76. The molecule has 126 valence electrons. The quantitative estimate of drug-likeness (QED) is 0.572. The highest BCUT2D eigenvalue weighted by atomic mass is 31.2. The summed E-state index contributed by atoms with van der Waals surface area (Å²) in [5.41, 5.74) is 0.886. The number of ketones is 1. The minimum atomic E-state index is -2.75. The average Bonchev–Trinajstić information content (AvgIpc) is 2.80. The zero-order valence-corrected chi connectivity index (χ0v) is 15.9. The van der Waals surface area contributed by atoms with E-state index in [4.69, 9.17) is 0 Å². The second kappa shape index (κ2) is 6.40. The summed E-state index contributed by atoms with van der Waals surface area (Å²) in [6.45, 7) is 14.4. The molecule has 0 radical (unpaired) electrons. The van der Waals surface area contributed by atoms with Gasteiger partial charge in [0.1, 0.15) is 12.9 Å². The third-order valence-corrected chi connectivity index (χ3v) is 10.0. The zero-order chi connectivity index (χ0) is 17.4. The Balaban J connectivity index is 2.56. The lowest BCUT2D eigenvalue weighted by molar-refractivity contribution is -0.123. The lowest BCUT2D eigenvalue weighted by Gasteiger charge is -2.39. The summed E-state index contributed by atoms with van der Waals surface area (Å²) in [4.78, 5) is 12.3. The first kappa shape index (κ1) is 18.2. The predicted octanol–water partition coefficient (Wildman–Crippen LogP) is 5.03. The van der Waals surface area contributed by atoms with Crippen LogP contribution in [0.5, 0.6) is 0 Å². The Morgan fingerprint density at radius 1 is 1.26 bits per heavy atom. The van der Waals surface area contributed by atoms with Gasteiger partial charge in [-0.2, -0.15) is 0 Å². The predicted molar refractivity (Wildman–Crippen MR) is 98.9 cm³/mol. The molecule has 0 amide bonds. The van der Waals surface area contributed by atoms with Crippen LogP contribution in [0.2, 0.25) is 0 Å². The summed E-state index contributed by atoms with van der Waals surface area (Å²) < 4.78 is 14.3. The molecule has 0 spiro atoms. The number of hydrogen-bond acceptors (Lipinski definition) is 2. The van der Waals surface area contributed by atoms with E-state index in [-0.39, 0.29) is 28.4 Å². The zero-order valence-electron chi connectivity index (χ0n) is 15.0. The summed E-state index contributed by atoms with van der Waals surface area (Å²) in [6.07, 6.45) is 1.23. The van der Waals surface area contributed by atoms with Gasteiger partial charge >= 0.3 is 0 Å². The van der Waals surface area contributed by atoms with Crippen molar-refractivity contribution < 1.29 is 9.36 Å². The molecule has 2 rings (SSSR count). The third kappa shape index (κ3) is 2.98. The molecular formula is C20H29O2P. The van der Waals surface area contributed by atoms with Crippen molar-refractivity contribution in [3.63, 3.8) is 0 Å². The molecule has 1 aromatic rings. The molecule has 0 heterocycles. The Morgan fingerprint density at radius 3 is 2.30 bits per heavy atom. The number of rotatable bonds is 4. The summed E-state index contributed by atoms with van der Waals surface area (Å²) in [5, 5.41) is 0.551. The van der Waals surface area contributed by atoms with Gasteiger partial charge in [0.15, 0.2) is 0 Å². The standard InChI is InChI=1S/C20H29O2P/c1-7-18(21)17-13-14(2)19(15(17)3)23(22,20(4,5)6)16-11-9-8-10-12-16/h8-12,15,17,19H,2,7,13H2,1,3-6H3/t15-,17+,19-,23?/m0/s1. The average molecular weight is 332 g/mol. The fourth-order valence-corrected chi connectivity index (χ4v) is 8.09. The van der Waals surface area contributed by atoms with Crippen molar-refractivity contribution >= 4 is 18.2 Å². The first-order valence-electron chi connectivity index (χ1n) is 8.50. The molecule has 0 aromatic heterocycles. The van der Waals surface area contributed by atoms with Crippen molar-refractivity contribution in [2.45, 2.75) is 58.3 Å². The summed E-state index contributed by atoms with van der Waals surface area (Å²) in [7, 11) is -2.75. The second-order valence-corrected chi connectivity index (χ2v) is 11.5. The van der Waals surface area contributed by atoms with Crippen LogP contribution in [0.4, 0.5) is 0 Å². The maximum Gasteiger partial charge on any atom is 0.136 e. The lowest BCUT2D eigenvalue weighted by Crippen LogP contribution is -2.34. The van der Waals surface area contributed by atoms with Crippen LogP contribution in [0.15, 0.2) is 42.5 Å². The summed E-state index contributed by atoms with van der Waals surface area (Å²) in [6, 6.07) is 9.80. The maximum atomic E-state index is 14.3. The fourth-order valence-electron chi connectivity index (χ4n) is 4.05. The van der Waals surface area contributed by atoms with E-state index in [0.717, 1.165) is 10.9 Å². The van der Waals surface area contributed by atoms with Gasteiger partial charge in [0.05, 0.1) is 0 Å². The Bertz CT molecular complexity index is 639. The minimum Gasteiger partial charge on any atom is -0.317 e.